The Morgan fingerprint density at radius 2 is 1.54 bits per heavy atom. The second-order valence-electron chi connectivity index (χ2n) is 4.03. The van der Waals surface area contributed by atoms with E-state index in [4.69, 9.17) is 11.5 Å². The first-order valence-electron chi connectivity index (χ1n) is 5.49. The molecule has 0 aliphatic heterocycles. The molecule has 0 heterocycles. The van der Waals surface area contributed by atoms with Crippen molar-refractivity contribution in [3.8, 4) is 0 Å². The first kappa shape index (κ1) is 11.0. The van der Waals surface area contributed by atoms with E-state index < -0.39 is 0 Å². The third-order valence-electron chi connectivity index (χ3n) is 2.57. The van der Waals surface area contributed by atoms with Gasteiger partial charge in [0.15, 0.2) is 0 Å². The molecule has 4 N–H and O–H groups in total. The standard InChI is InChI=1S/C10H23N3/c11-5-1-7-13(8-2-6-12)9-10-3-4-10/h10H,1-9,11-12H2. The fourth-order valence-corrected chi connectivity index (χ4v) is 1.59. The molecule has 1 aliphatic rings. The summed E-state index contributed by atoms with van der Waals surface area (Å²) in [5.74, 6) is 0.982. The Labute approximate surface area is 81.5 Å². The van der Waals surface area contributed by atoms with Gasteiger partial charge in [-0.25, -0.2) is 0 Å². The van der Waals surface area contributed by atoms with Gasteiger partial charge in [-0.05, 0) is 57.8 Å². The van der Waals surface area contributed by atoms with Crippen LogP contribution in [0.3, 0.4) is 0 Å². The van der Waals surface area contributed by atoms with Crippen molar-refractivity contribution in [3.63, 3.8) is 0 Å². The third kappa shape index (κ3) is 5.24. The van der Waals surface area contributed by atoms with Gasteiger partial charge in [0.2, 0.25) is 0 Å². The molecule has 0 radical (unpaired) electrons. The van der Waals surface area contributed by atoms with E-state index in [1.807, 2.05) is 0 Å². The van der Waals surface area contributed by atoms with Crippen LogP contribution in [0, 0.1) is 5.92 Å². The van der Waals surface area contributed by atoms with Gasteiger partial charge in [-0.1, -0.05) is 0 Å². The van der Waals surface area contributed by atoms with Crippen molar-refractivity contribution in [2.24, 2.45) is 17.4 Å². The van der Waals surface area contributed by atoms with Crippen molar-refractivity contribution in [2.75, 3.05) is 32.7 Å². The molecule has 13 heavy (non-hydrogen) atoms. The number of nitrogens with two attached hydrogens (primary N) is 2. The quantitative estimate of drug-likeness (QED) is 0.575. The van der Waals surface area contributed by atoms with Crippen molar-refractivity contribution in [1.82, 2.24) is 4.90 Å². The van der Waals surface area contributed by atoms with Gasteiger partial charge < -0.3 is 16.4 Å². The number of hydrogen-bond acceptors (Lipinski definition) is 3. The summed E-state index contributed by atoms with van der Waals surface area (Å²) in [7, 11) is 0. The minimum atomic E-state index is 0.809. The summed E-state index contributed by atoms with van der Waals surface area (Å²) < 4.78 is 0. The van der Waals surface area contributed by atoms with Crippen LogP contribution in [0.1, 0.15) is 25.7 Å². The molecule has 0 spiro atoms. The van der Waals surface area contributed by atoms with E-state index in [0.29, 0.717) is 0 Å². The van der Waals surface area contributed by atoms with E-state index in [2.05, 4.69) is 4.90 Å². The van der Waals surface area contributed by atoms with E-state index >= 15 is 0 Å². The molecule has 1 fully saturated rings. The lowest BCUT2D eigenvalue weighted by molar-refractivity contribution is 0.259. The molecule has 3 nitrogen and oxygen atoms in total. The Hall–Kier alpha value is -0.120. The maximum absolute atomic E-state index is 5.50. The predicted octanol–water partition coefficient (Wildman–Crippen LogP) is 0.396. The molecule has 0 atom stereocenters. The van der Waals surface area contributed by atoms with Crippen LogP contribution in [0.2, 0.25) is 0 Å². The van der Waals surface area contributed by atoms with Crippen molar-refractivity contribution in [3.05, 3.63) is 0 Å². The Balaban J connectivity index is 2.08. The maximum atomic E-state index is 5.50. The first-order chi connectivity index (χ1) is 6.36. The Morgan fingerprint density at radius 3 is 1.92 bits per heavy atom. The second-order valence-corrected chi connectivity index (χ2v) is 4.03. The number of nitrogens with zero attached hydrogens (tertiary/aromatic N) is 1. The monoisotopic (exact) mass is 185 g/mol. The third-order valence-corrected chi connectivity index (χ3v) is 2.57. The van der Waals surface area contributed by atoms with E-state index in [-0.39, 0.29) is 0 Å². The van der Waals surface area contributed by atoms with Crippen LogP contribution in [0.4, 0.5) is 0 Å². The predicted molar refractivity (Wildman–Crippen MR) is 56.5 cm³/mol. The minimum Gasteiger partial charge on any atom is -0.330 e. The van der Waals surface area contributed by atoms with Crippen LogP contribution >= 0.6 is 0 Å². The molecule has 0 unspecified atom stereocenters. The van der Waals surface area contributed by atoms with E-state index in [0.717, 1.165) is 44.9 Å². The molecule has 1 saturated carbocycles. The zero-order valence-electron chi connectivity index (χ0n) is 8.54. The van der Waals surface area contributed by atoms with E-state index in [1.54, 1.807) is 0 Å². The average Bonchev–Trinajstić information content (AvgIpc) is 2.93. The molecule has 0 bridgehead atoms. The Bertz CT molecular complexity index is 115. The van der Waals surface area contributed by atoms with Gasteiger partial charge >= 0.3 is 0 Å². The summed E-state index contributed by atoms with van der Waals surface area (Å²) in [4.78, 5) is 2.53. The largest absolute Gasteiger partial charge is 0.330 e. The smallest absolute Gasteiger partial charge is 0.000968 e. The average molecular weight is 185 g/mol. The molecule has 78 valence electrons. The lowest BCUT2D eigenvalue weighted by Crippen LogP contribution is -2.30. The summed E-state index contributed by atoms with van der Waals surface area (Å²) in [6, 6.07) is 0. The highest BCUT2D eigenvalue weighted by Gasteiger charge is 2.23. The molecular formula is C10H23N3. The molecule has 1 rings (SSSR count). The fraction of sp³-hybridized carbons (Fsp3) is 1.00. The van der Waals surface area contributed by atoms with Crippen molar-refractivity contribution >= 4 is 0 Å². The highest BCUT2D eigenvalue weighted by atomic mass is 15.1. The van der Waals surface area contributed by atoms with Gasteiger partial charge in [-0.2, -0.15) is 0 Å². The van der Waals surface area contributed by atoms with Crippen LogP contribution in [0.15, 0.2) is 0 Å². The van der Waals surface area contributed by atoms with Crippen molar-refractivity contribution in [2.45, 2.75) is 25.7 Å². The zero-order valence-corrected chi connectivity index (χ0v) is 8.54. The van der Waals surface area contributed by atoms with Crippen molar-refractivity contribution < 1.29 is 0 Å². The SMILES string of the molecule is NCCCN(CCCN)CC1CC1. The lowest BCUT2D eigenvalue weighted by Gasteiger charge is -2.21. The summed E-state index contributed by atoms with van der Waals surface area (Å²) >= 11 is 0. The zero-order chi connectivity index (χ0) is 9.52. The van der Waals surface area contributed by atoms with Crippen molar-refractivity contribution in [1.29, 1.82) is 0 Å². The number of hydrogen-bond donors (Lipinski definition) is 2. The van der Waals surface area contributed by atoms with Crippen LogP contribution in [0.5, 0.6) is 0 Å². The maximum Gasteiger partial charge on any atom is 0.000968 e. The molecule has 0 aromatic carbocycles. The van der Waals surface area contributed by atoms with Gasteiger partial charge in [0, 0.05) is 6.54 Å². The van der Waals surface area contributed by atoms with Gasteiger partial charge in [-0.15, -0.1) is 0 Å². The van der Waals surface area contributed by atoms with E-state index in [1.165, 1.54) is 19.4 Å². The highest BCUT2D eigenvalue weighted by Crippen LogP contribution is 2.29. The second kappa shape index (κ2) is 6.35. The minimum absolute atomic E-state index is 0.809. The van der Waals surface area contributed by atoms with Gasteiger partial charge in [-0.3, -0.25) is 0 Å². The molecule has 3 heteroatoms. The summed E-state index contributed by atoms with van der Waals surface area (Å²) in [6.45, 7) is 5.22. The summed E-state index contributed by atoms with van der Waals surface area (Å²) in [5, 5.41) is 0. The molecule has 0 saturated heterocycles. The van der Waals surface area contributed by atoms with Gasteiger partial charge in [0.25, 0.3) is 0 Å². The first-order valence-corrected chi connectivity index (χ1v) is 5.49. The topological polar surface area (TPSA) is 55.3 Å². The van der Waals surface area contributed by atoms with Gasteiger partial charge in [0.05, 0.1) is 0 Å². The molecular weight excluding hydrogens is 162 g/mol. The normalized spacial score (nSPS) is 16.8. The summed E-state index contributed by atoms with van der Waals surface area (Å²) in [6.07, 6.45) is 5.11. The van der Waals surface area contributed by atoms with Crippen LogP contribution < -0.4 is 11.5 Å². The highest BCUT2D eigenvalue weighted by molar-refractivity contribution is 4.77. The summed E-state index contributed by atoms with van der Waals surface area (Å²) in [5.41, 5.74) is 11.0. The van der Waals surface area contributed by atoms with Crippen LogP contribution in [-0.2, 0) is 0 Å². The van der Waals surface area contributed by atoms with E-state index in [9.17, 15) is 0 Å². The van der Waals surface area contributed by atoms with Crippen LogP contribution in [-0.4, -0.2) is 37.6 Å². The molecule has 0 amide bonds. The molecule has 1 aliphatic carbocycles. The lowest BCUT2D eigenvalue weighted by atomic mass is 10.3. The molecule has 0 aromatic rings. The Kier molecular flexibility index (Phi) is 5.35. The van der Waals surface area contributed by atoms with Gasteiger partial charge in [0.1, 0.15) is 0 Å². The Morgan fingerprint density at radius 1 is 1.00 bits per heavy atom. The van der Waals surface area contributed by atoms with Crippen LogP contribution in [0.25, 0.3) is 0 Å². The number of rotatable bonds is 8. The fourth-order valence-electron chi connectivity index (χ4n) is 1.59. The molecule has 0 aromatic heterocycles.